The first-order valence-electron chi connectivity index (χ1n) is 8.18. The molecule has 0 saturated carbocycles. The second-order valence-corrected chi connectivity index (χ2v) is 6.39. The highest BCUT2D eigenvalue weighted by atomic mass is 15.1. The lowest BCUT2D eigenvalue weighted by molar-refractivity contribution is 0.173. The molecule has 3 nitrogen and oxygen atoms in total. The van der Waals surface area contributed by atoms with Gasteiger partial charge in [0, 0.05) is 30.7 Å². The summed E-state index contributed by atoms with van der Waals surface area (Å²) in [7, 11) is 4.20. The molecule has 1 saturated heterocycles. The fourth-order valence-corrected chi connectivity index (χ4v) is 3.57. The van der Waals surface area contributed by atoms with Crippen LogP contribution in [-0.2, 0) is 13.6 Å². The zero-order chi connectivity index (χ0) is 14.7. The van der Waals surface area contributed by atoms with Gasteiger partial charge in [-0.3, -0.25) is 4.90 Å². The molecular formula is C18H27N3. The molecule has 0 radical (unpaired) electrons. The lowest BCUT2D eigenvalue weighted by Gasteiger charge is -2.31. The van der Waals surface area contributed by atoms with E-state index in [1.165, 1.54) is 48.8 Å². The number of nitrogens with one attached hydrogen (secondary N) is 1. The van der Waals surface area contributed by atoms with Crippen LogP contribution >= 0.6 is 0 Å². The minimum Gasteiger partial charge on any atom is -0.350 e. The molecule has 1 fully saturated rings. The third kappa shape index (κ3) is 3.30. The Morgan fingerprint density at radius 1 is 1.19 bits per heavy atom. The molecule has 1 aliphatic rings. The van der Waals surface area contributed by atoms with Crippen molar-refractivity contribution in [2.75, 3.05) is 26.7 Å². The molecule has 0 spiro atoms. The third-order valence-corrected chi connectivity index (χ3v) is 4.88. The Labute approximate surface area is 127 Å². The fraction of sp³-hybridized carbons (Fsp3) is 0.556. The van der Waals surface area contributed by atoms with E-state index in [0.29, 0.717) is 0 Å². The number of hydrogen-bond acceptors (Lipinski definition) is 2. The maximum atomic E-state index is 3.27. The summed E-state index contributed by atoms with van der Waals surface area (Å²) in [6.45, 7) is 4.75. The number of aromatic nitrogens is 1. The summed E-state index contributed by atoms with van der Waals surface area (Å²) < 4.78 is 2.25. The number of piperidine rings is 1. The Kier molecular flexibility index (Phi) is 4.61. The highest BCUT2D eigenvalue weighted by Crippen LogP contribution is 2.25. The molecule has 0 amide bonds. The Bertz CT molecular complexity index is 579. The monoisotopic (exact) mass is 285 g/mol. The first kappa shape index (κ1) is 14.6. The van der Waals surface area contributed by atoms with E-state index in [-0.39, 0.29) is 0 Å². The summed E-state index contributed by atoms with van der Waals surface area (Å²) in [6, 6.07) is 8.74. The van der Waals surface area contributed by atoms with Gasteiger partial charge in [0.1, 0.15) is 0 Å². The van der Waals surface area contributed by atoms with Crippen LogP contribution in [0, 0.1) is 5.92 Å². The van der Waals surface area contributed by atoms with Crippen LogP contribution in [0.2, 0.25) is 0 Å². The van der Waals surface area contributed by atoms with E-state index in [4.69, 9.17) is 0 Å². The zero-order valence-corrected chi connectivity index (χ0v) is 13.3. The van der Waals surface area contributed by atoms with Crippen LogP contribution in [0.25, 0.3) is 10.9 Å². The Morgan fingerprint density at radius 3 is 2.71 bits per heavy atom. The summed E-state index contributed by atoms with van der Waals surface area (Å²) in [6.07, 6.45) is 6.34. The molecule has 1 N–H and O–H groups in total. The van der Waals surface area contributed by atoms with Crippen molar-refractivity contribution in [1.29, 1.82) is 0 Å². The summed E-state index contributed by atoms with van der Waals surface area (Å²) in [4.78, 5) is 2.62. The predicted molar refractivity (Wildman–Crippen MR) is 89.5 cm³/mol. The van der Waals surface area contributed by atoms with Crippen molar-refractivity contribution >= 4 is 10.9 Å². The molecule has 21 heavy (non-hydrogen) atoms. The number of benzene rings is 1. The van der Waals surface area contributed by atoms with Crippen molar-refractivity contribution in [3.63, 3.8) is 0 Å². The molecule has 114 valence electrons. The number of para-hydroxylation sites is 1. The van der Waals surface area contributed by atoms with Crippen molar-refractivity contribution in [3.05, 3.63) is 36.0 Å². The predicted octanol–water partition coefficient (Wildman–Crippen LogP) is 3.00. The van der Waals surface area contributed by atoms with Gasteiger partial charge in [-0.05, 0) is 63.5 Å². The van der Waals surface area contributed by atoms with Gasteiger partial charge in [-0.15, -0.1) is 0 Å². The van der Waals surface area contributed by atoms with Crippen molar-refractivity contribution < 1.29 is 0 Å². The van der Waals surface area contributed by atoms with Gasteiger partial charge in [0.2, 0.25) is 0 Å². The van der Waals surface area contributed by atoms with Crippen LogP contribution in [0.4, 0.5) is 0 Å². The van der Waals surface area contributed by atoms with Crippen LogP contribution in [-0.4, -0.2) is 36.1 Å². The zero-order valence-electron chi connectivity index (χ0n) is 13.3. The van der Waals surface area contributed by atoms with Gasteiger partial charge in [0.15, 0.2) is 0 Å². The quantitative estimate of drug-likeness (QED) is 0.911. The third-order valence-electron chi connectivity index (χ3n) is 4.88. The van der Waals surface area contributed by atoms with E-state index >= 15 is 0 Å². The van der Waals surface area contributed by atoms with Crippen molar-refractivity contribution in [3.8, 4) is 0 Å². The van der Waals surface area contributed by atoms with Crippen LogP contribution in [0.15, 0.2) is 30.5 Å². The highest BCUT2D eigenvalue weighted by molar-refractivity contribution is 5.83. The average Bonchev–Trinajstić information content (AvgIpc) is 2.83. The van der Waals surface area contributed by atoms with E-state index in [1.54, 1.807) is 0 Å². The van der Waals surface area contributed by atoms with Crippen molar-refractivity contribution in [2.24, 2.45) is 13.0 Å². The van der Waals surface area contributed by atoms with Crippen LogP contribution < -0.4 is 5.32 Å². The van der Waals surface area contributed by atoms with E-state index in [1.807, 2.05) is 0 Å². The minimum absolute atomic E-state index is 0.918. The maximum absolute atomic E-state index is 3.27. The standard InChI is InChI=1S/C18H27N3/c1-19-10-7-15-8-11-21(12-9-15)14-16-13-20(2)18-6-4-3-5-17(16)18/h3-6,13,15,19H,7-12,14H2,1-2H3. The van der Waals surface area contributed by atoms with Gasteiger partial charge in [-0.1, -0.05) is 18.2 Å². The summed E-state index contributed by atoms with van der Waals surface area (Å²) in [5.41, 5.74) is 2.82. The number of hydrogen-bond donors (Lipinski definition) is 1. The smallest absolute Gasteiger partial charge is 0.0481 e. The van der Waals surface area contributed by atoms with Gasteiger partial charge in [-0.2, -0.15) is 0 Å². The van der Waals surface area contributed by atoms with Gasteiger partial charge in [0.25, 0.3) is 0 Å². The molecular weight excluding hydrogens is 258 g/mol. The molecule has 1 aromatic carbocycles. The summed E-state index contributed by atoms with van der Waals surface area (Å²) in [5.74, 6) is 0.918. The SMILES string of the molecule is CNCCC1CCN(Cc2cn(C)c3ccccc23)CC1. The number of fused-ring (bicyclic) bond motifs is 1. The molecule has 3 rings (SSSR count). The molecule has 0 atom stereocenters. The number of nitrogens with zero attached hydrogens (tertiary/aromatic N) is 2. The highest BCUT2D eigenvalue weighted by Gasteiger charge is 2.19. The molecule has 0 aliphatic carbocycles. The lowest BCUT2D eigenvalue weighted by atomic mass is 9.93. The largest absolute Gasteiger partial charge is 0.350 e. The molecule has 1 aliphatic heterocycles. The molecule has 1 aromatic heterocycles. The number of aryl methyl sites for hydroxylation is 1. The average molecular weight is 285 g/mol. The number of likely N-dealkylation sites (tertiary alicyclic amines) is 1. The minimum atomic E-state index is 0.918. The van der Waals surface area contributed by atoms with E-state index < -0.39 is 0 Å². The van der Waals surface area contributed by atoms with Gasteiger partial charge >= 0.3 is 0 Å². The van der Waals surface area contributed by atoms with Gasteiger partial charge < -0.3 is 9.88 Å². The summed E-state index contributed by atoms with van der Waals surface area (Å²) >= 11 is 0. The second kappa shape index (κ2) is 6.63. The molecule has 2 heterocycles. The van der Waals surface area contributed by atoms with Crippen LogP contribution in [0.5, 0.6) is 0 Å². The first-order valence-corrected chi connectivity index (χ1v) is 8.18. The van der Waals surface area contributed by atoms with Crippen molar-refractivity contribution in [1.82, 2.24) is 14.8 Å². The van der Waals surface area contributed by atoms with Gasteiger partial charge in [-0.25, -0.2) is 0 Å². The maximum Gasteiger partial charge on any atom is 0.0481 e. The Balaban J connectivity index is 1.62. The fourth-order valence-electron chi connectivity index (χ4n) is 3.57. The van der Waals surface area contributed by atoms with E-state index in [0.717, 1.165) is 19.0 Å². The molecule has 0 unspecified atom stereocenters. The molecule has 2 aromatic rings. The summed E-state index contributed by atoms with van der Waals surface area (Å²) in [5, 5.41) is 4.69. The van der Waals surface area contributed by atoms with Crippen molar-refractivity contribution in [2.45, 2.75) is 25.8 Å². The molecule has 0 bridgehead atoms. The van der Waals surface area contributed by atoms with E-state index in [2.05, 4.69) is 59.3 Å². The lowest BCUT2D eigenvalue weighted by Crippen LogP contribution is -2.34. The van der Waals surface area contributed by atoms with Crippen LogP contribution in [0.1, 0.15) is 24.8 Å². The van der Waals surface area contributed by atoms with Crippen LogP contribution in [0.3, 0.4) is 0 Å². The van der Waals surface area contributed by atoms with E-state index in [9.17, 15) is 0 Å². The first-order chi connectivity index (χ1) is 10.3. The number of rotatable bonds is 5. The second-order valence-electron chi connectivity index (χ2n) is 6.39. The normalized spacial score (nSPS) is 17.6. The Hall–Kier alpha value is -1.32. The molecule has 3 heteroatoms. The Morgan fingerprint density at radius 2 is 1.95 bits per heavy atom. The van der Waals surface area contributed by atoms with Gasteiger partial charge in [0.05, 0.1) is 0 Å². The topological polar surface area (TPSA) is 20.2 Å².